The van der Waals surface area contributed by atoms with Crippen molar-refractivity contribution in [1.29, 1.82) is 0 Å². The number of hydrogen-bond acceptors (Lipinski definition) is 5. The highest BCUT2D eigenvalue weighted by molar-refractivity contribution is 6.34. The van der Waals surface area contributed by atoms with E-state index in [1.54, 1.807) is 32.4 Å². The normalized spacial score (nSPS) is 12.7. The molecule has 0 saturated heterocycles. The second kappa shape index (κ2) is 8.49. The molecule has 0 saturated carbocycles. The number of hydrogen-bond donors (Lipinski definition) is 2. The van der Waals surface area contributed by atoms with Gasteiger partial charge in [-0.05, 0) is 63.4 Å². The molecule has 164 valence electrons. The quantitative estimate of drug-likeness (QED) is 0.373. The molecular formula is C26H27ClN4O. The van der Waals surface area contributed by atoms with E-state index in [0.29, 0.717) is 10.8 Å². The highest BCUT2D eigenvalue weighted by atomic mass is 35.5. The molecule has 2 N–H and O–H groups in total. The molecule has 2 aromatic carbocycles. The van der Waals surface area contributed by atoms with Crippen LogP contribution in [0.15, 0.2) is 55.0 Å². The maximum absolute atomic E-state index is 10.1. The highest BCUT2D eigenvalue weighted by Gasteiger charge is 2.19. The van der Waals surface area contributed by atoms with E-state index in [-0.39, 0.29) is 6.04 Å². The van der Waals surface area contributed by atoms with E-state index in [1.165, 1.54) is 16.7 Å². The molecule has 0 bridgehead atoms. The summed E-state index contributed by atoms with van der Waals surface area (Å²) in [6.45, 7) is 9.69. The number of nitrogens with zero attached hydrogens (tertiary/aromatic N) is 3. The average Bonchev–Trinajstić information content (AvgIpc) is 2.76. The predicted molar refractivity (Wildman–Crippen MR) is 131 cm³/mol. The van der Waals surface area contributed by atoms with E-state index in [0.717, 1.165) is 27.7 Å². The van der Waals surface area contributed by atoms with Crippen LogP contribution in [0.3, 0.4) is 0 Å². The summed E-state index contributed by atoms with van der Waals surface area (Å²) >= 11 is 6.60. The molecule has 2 heterocycles. The van der Waals surface area contributed by atoms with Gasteiger partial charge in [-0.25, -0.2) is 9.97 Å². The number of halogens is 1. The van der Waals surface area contributed by atoms with Gasteiger partial charge in [0.25, 0.3) is 0 Å². The molecule has 6 heteroatoms. The zero-order chi connectivity index (χ0) is 23.0. The minimum absolute atomic E-state index is 0.0658. The fourth-order valence-electron chi connectivity index (χ4n) is 3.81. The summed E-state index contributed by atoms with van der Waals surface area (Å²) in [5, 5.41) is 15.2. The predicted octanol–water partition coefficient (Wildman–Crippen LogP) is 6.36. The van der Waals surface area contributed by atoms with E-state index in [1.807, 2.05) is 12.1 Å². The topological polar surface area (TPSA) is 70.9 Å². The van der Waals surface area contributed by atoms with Crippen molar-refractivity contribution >= 4 is 28.2 Å². The third kappa shape index (κ3) is 4.45. The van der Waals surface area contributed by atoms with Gasteiger partial charge in [-0.3, -0.25) is 4.98 Å². The number of aromatic nitrogens is 3. The van der Waals surface area contributed by atoms with E-state index in [4.69, 9.17) is 11.6 Å². The molecule has 32 heavy (non-hydrogen) atoms. The molecule has 0 fully saturated rings. The summed E-state index contributed by atoms with van der Waals surface area (Å²) in [5.41, 5.74) is 6.11. The lowest BCUT2D eigenvalue weighted by Gasteiger charge is -2.21. The molecule has 4 rings (SSSR count). The zero-order valence-electron chi connectivity index (χ0n) is 18.9. The van der Waals surface area contributed by atoms with Crippen LogP contribution in [0.2, 0.25) is 5.02 Å². The van der Waals surface area contributed by atoms with Gasteiger partial charge in [-0.1, -0.05) is 41.4 Å². The second-order valence-corrected chi connectivity index (χ2v) is 9.20. The molecule has 0 radical (unpaired) electrons. The number of rotatable bonds is 5. The Kier molecular flexibility index (Phi) is 5.89. The summed E-state index contributed by atoms with van der Waals surface area (Å²) in [6, 6.07) is 12.5. The summed E-state index contributed by atoms with van der Waals surface area (Å²) in [6.07, 6.45) is 5.14. The number of nitrogens with one attached hydrogen (secondary N) is 1. The minimum Gasteiger partial charge on any atom is -0.382 e. The Morgan fingerprint density at radius 2 is 1.66 bits per heavy atom. The first-order valence-electron chi connectivity index (χ1n) is 10.6. The van der Waals surface area contributed by atoms with Gasteiger partial charge < -0.3 is 10.4 Å². The fraction of sp³-hybridized carbons (Fsp3) is 0.269. The van der Waals surface area contributed by atoms with Crippen LogP contribution >= 0.6 is 11.6 Å². The van der Waals surface area contributed by atoms with E-state index in [9.17, 15) is 5.11 Å². The Labute approximate surface area is 193 Å². The molecule has 4 aromatic rings. The van der Waals surface area contributed by atoms with Crippen LogP contribution in [0.1, 0.15) is 49.3 Å². The molecular weight excluding hydrogens is 420 g/mol. The smallest absolute Gasteiger partial charge is 0.159 e. The SMILES string of the molecule is Cc1ccc(C)c(C(C)Nc2c(Cl)cnc3ccc(-c4cnc(C(C)(C)O)nc4)cc23)c1. The Morgan fingerprint density at radius 1 is 0.938 bits per heavy atom. The Balaban J connectivity index is 1.75. The van der Waals surface area contributed by atoms with Gasteiger partial charge in [0, 0.05) is 35.6 Å². The summed E-state index contributed by atoms with van der Waals surface area (Å²) < 4.78 is 0. The van der Waals surface area contributed by atoms with Gasteiger partial charge in [-0.15, -0.1) is 0 Å². The lowest BCUT2D eigenvalue weighted by molar-refractivity contribution is 0.0687. The summed E-state index contributed by atoms with van der Waals surface area (Å²) in [7, 11) is 0. The zero-order valence-corrected chi connectivity index (χ0v) is 19.7. The summed E-state index contributed by atoms with van der Waals surface area (Å²) in [4.78, 5) is 13.2. The molecule has 0 aliphatic heterocycles. The van der Waals surface area contributed by atoms with Gasteiger partial charge in [-0.2, -0.15) is 0 Å². The molecule has 0 aliphatic carbocycles. The van der Waals surface area contributed by atoms with Gasteiger partial charge >= 0.3 is 0 Å². The third-order valence-corrected chi connectivity index (χ3v) is 5.90. The first kappa shape index (κ1) is 22.2. The van der Waals surface area contributed by atoms with Crippen molar-refractivity contribution in [3.05, 3.63) is 82.5 Å². The first-order valence-corrected chi connectivity index (χ1v) is 11.0. The summed E-state index contributed by atoms with van der Waals surface area (Å²) in [5.74, 6) is 0.386. The van der Waals surface area contributed by atoms with Crippen molar-refractivity contribution < 1.29 is 5.11 Å². The van der Waals surface area contributed by atoms with Gasteiger partial charge in [0.05, 0.1) is 16.2 Å². The Hall–Kier alpha value is -3.02. The van der Waals surface area contributed by atoms with Gasteiger partial charge in [0.1, 0.15) is 5.60 Å². The average molecular weight is 447 g/mol. The van der Waals surface area contributed by atoms with Crippen LogP contribution < -0.4 is 5.32 Å². The van der Waals surface area contributed by atoms with Crippen molar-refractivity contribution in [3.63, 3.8) is 0 Å². The molecule has 0 spiro atoms. The van der Waals surface area contributed by atoms with Crippen molar-refractivity contribution in [1.82, 2.24) is 15.0 Å². The lowest BCUT2D eigenvalue weighted by Crippen LogP contribution is -2.19. The molecule has 2 aromatic heterocycles. The van der Waals surface area contributed by atoms with E-state index >= 15 is 0 Å². The maximum atomic E-state index is 10.1. The first-order chi connectivity index (χ1) is 15.1. The number of benzene rings is 2. The molecule has 0 amide bonds. The largest absolute Gasteiger partial charge is 0.382 e. The van der Waals surface area contributed by atoms with Crippen LogP contribution in [0, 0.1) is 13.8 Å². The van der Waals surface area contributed by atoms with E-state index < -0.39 is 5.60 Å². The van der Waals surface area contributed by atoms with Crippen LogP contribution in [0.4, 0.5) is 5.69 Å². The number of pyridine rings is 1. The number of aryl methyl sites for hydroxylation is 2. The highest BCUT2D eigenvalue weighted by Crippen LogP contribution is 2.35. The van der Waals surface area contributed by atoms with Crippen LogP contribution in [-0.4, -0.2) is 20.1 Å². The second-order valence-electron chi connectivity index (χ2n) is 8.79. The van der Waals surface area contributed by atoms with Crippen LogP contribution in [-0.2, 0) is 5.60 Å². The number of anilines is 1. The van der Waals surface area contributed by atoms with Gasteiger partial charge in [0.15, 0.2) is 5.82 Å². The lowest BCUT2D eigenvalue weighted by atomic mass is 9.99. The van der Waals surface area contributed by atoms with Gasteiger partial charge in [0.2, 0.25) is 0 Å². The van der Waals surface area contributed by atoms with Crippen molar-refractivity contribution in [3.8, 4) is 11.1 Å². The monoisotopic (exact) mass is 446 g/mol. The fourth-order valence-corrected chi connectivity index (χ4v) is 4.01. The van der Waals surface area contributed by atoms with E-state index in [2.05, 4.69) is 65.3 Å². The van der Waals surface area contributed by atoms with Crippen molar-refractivity contribution in [2.75, 3.05) is 5.32 Å². The molecule has 0 aliphatic rings. The maximum Gasteiger partial charge on any atom is 0.159 e. The molecule has 1 unspecified atom stereocenters. The number of fused-ring (bicyclic) bond motifs is 1. The minimum atomic E-state index is -1.08. The van der Waals surface area contributed by atoms with Crippen molar-refractivity contribution in [2.24, 2.45) is 0 Å². The molecule has 1 atom stereocenters. The van der Waals surface area contributed by atoms with Crippen LogP contribution in [0.25, 0.3) is 22.0 Å². The van der Waals surface area contributed by atoms with Crippen molar-refractivity contribution in [2.45, 2.75) is 46.3 Å². The van der Waals surface area contributed by atoms with Crippen LogP contribution in [0.5, 0.6) is 0 Å². The Bertz CT molecular complexity index is 1280. The Morgan fingerprint density at radius 3 is 2.34 bits per heavy atom. The molecule has 5 nitrogen and oxygen atoms in total. The standard InChI is InChI=1S/C26H27ClN4O/c1-15-6-7-16(2)20(10-15)17(3)31-24-21-11-18(8-9-23(21)28-14-22(24)27)19-12-29-25(30-13-19)26(4,5)32/h6-14,17,32H,1-5H3,(H,28,31). The third-order valence-electron chi connectivity index (χ3n) is 5.62. The number of aliphatic hydroxyl groups is 1.